The van der Waals surface area contributed by atoms with E-state index in [2.05, 4.69) is 31.1 Å². The van der Waals surface area contributed by atoms with E-state index in [0.29, 0.717) is 35.3 Å². The zero-order chi connectivity index (χ0) is 22.3. The molecule has 2 aliphatic heterocycles. The molecule has 2 N–H and O–H groups in total. The number of rotatable bonds is 5. The van der Waals surface area contributed by atoms with Gasteiger partial charge in [-0.3, -0.25) is 14.7 Å². The minimum Gasteiger partial charge on any atom is -0.493 e. The van der Waals surface area contributed by atoms with Gasteiger partial charge < -0.3 is 4.74 Å². The summed E-state index contributed by atoms with van der Waals surface area (Å²) in [4.78, 5) is 1.94. The molecule has 5 rings (SSSR count). The number of hydrogen-bond donors (Lipinski definition) is 2. The van der Waals surface area contributed by atoms with Crippen LogP contribution in [0.1, 0.15) is 49.5 Å². The first-order valence-corrected chi connectivity index (χ1v) is 12.8. The molecule has 3 atom stereocenters. The van der Waals surface area contributed by atoms with E-state index in [1.807, 2.05) is 6.07 Å². The Labute approximate surface area is 190 Å². The van der Waals surface area contributed by atoms with E-state index < -0.39 is 20.7 Å². The lowest BCUT2D eigenvalue weighted by Crippen LogP contribution is -2.41. The zero-order valence-corrected chi connectivity index (χ0v) is 19.1. The van der Waals surface area contributed by atoms with E-state index in [1.165, 1.54) is 24.4 Å². The van der Waals surface area contributed by atoms with E-state index in [4.69, 9.17) is 4.74 Å². The van der Waals surface area contributed by atoms with Crippen LogP contribution in [-0.2, 0) is 10.0 Å². The Morgan fingerprint density at radius 1 is 1.25 bits per heavy atom. The van der Waals surface area contributed by atoms with Crippen molar-refractivity contribution in [1.82, 2.24) is 19.5 Å². The molecular formula is C21H24FN5O3S2. The molecule has 0 aliphatic carbocycles. The maximum Gasteiger partial charge on any atom is 0.265 e. The highest BCUT2D eigenvalue weighted by Crippen LogP contribution is 2.45. The minimum absolute atomic E-state index is 0.0692. The Morgan fingerprint density at radius 2 is 2.12 bits per heavy atom. The zero-order valence-electron chi connectivity index (χ0n) is 17.5. The summed E-state index contributed by atoms with van der Waals surface area (Å²) >= 11 is 0.989. The molecule has 170 valence electrons. The number of nitrogens with zero attached hydrogens (tertiary/aromatic N) is 3. The topological polar surface area (TPSA) is 100 Å². The first kappa shape index (κ1) is 21.4. The second-order valence-corrected chi connectivity index (χ2v) is 10.8. The van der Waals surface area contributed by atoms with Gasteiger partial charge in [-0.05, 0) is 55.0 Å². The molecule has 0 bridgehead atoms. The number of aromatic amines is 1. The van der Waals surface area contributed by atoms with Gasteiger partial charge in [0.15, 0.2) is 0 Å². The highest BCUT2D eigenvalue weighted by atomic mass is 32.2. The van der Waals surface area contributed by atoms with Gasteiger partial charge in [-0.2, -0.15) is 9.47 Å². The van der Waals surface area contributed by atoms with Crippen LogP contribution in [0.4, 0.5) is 9.39 Å². The minimum atomic E-state index is -4.10. The first-order valence-electron chi connectivity index (χ1n) is 10.6. The number of halogens is 1. The third kappa shape index (κ3) is 4.00. The molecule has 0 unspecified atom stereocenters. The lowest BCUT2D eigenvalue weighted by atomic mass is 9.87. The monoisotopic (exact) mass is 477 g/mol. The number of piperidine rings is 1. The number of benzene rings is 1. The van der Waals surface area contributed by atoms with Crippen LogP contribution in [0.5, 0.6) is 5.75 Å². The van der Waals surface area contributed by atoms with Crippen molar-refractivity contribution in [2.45, 2.75) is 43.2 Å². The quantitative estimate of drug-likeness (QED) is 0.574. The highest BCUT2D eigenvalue weighted by molar-refractivity contribution is 7.93. The van der Waals surface area contributed by atoms with Crippen LogP contribution in [-0.4, -0.2) is 41.0 Å². The van der Waals surface area contributed by atoms with Crippen LogP contribution >= 0.6 is 11.5 Å². The maximum atomic E-state index is 15.2. The molecule has 2 aromatic heterocycles. The number of aromatic nitrogens is 3. The summed E-state index contributed by atoms with van der Waals surface area (Å²) in [5.41, 5.74) is 1.72. The Balaban J connectivity index is 1.49. The number of sulfonamides is 1. The van der Waals surface area contributed by atoms with Gasteiger partial charge in [-0.25, -0.2) is 12.8 Å². The third-order valence-corrected chi connectivity index (χ3v) is 8.39. The van der Waals surface area contributed by atoms with Crippen molar-refractivity contribution in [3.63, 3.8) is 0 Å². The van der Waals surface area contributed by atoms with Crippen molar-refractivity contribution < 1.29 is 17.5 Å². The molecule has 0 spiro atoms. The third-order valence-electron chi connectivity index (χ3n) is 6.22. The second kappa shape index (κ2) is 8.45. The lowest BCUT2D eigenvalue weighted by molar-refractivity contribution is 0.0465. The molecular weight excluding hydrogens is 453 g/mol. The lowest BCUT2D eigenvalue weighted by Gasteiger charge is -2.44. The smallest absolute Gasteiger partial charge is 0.265 e. The fourth-order valence-corrected chi connectivity index (χ4v) is 6.52. The predicted octanol–water partition coefficient (Wildman–Crippen LogP) is 4.10. The number of anilines is 1. The van der Waals surface area contributed by atoms with Gasteiger partial charge in [-0.1, -0.05) is 6.92 Å². The van der Waals surface area contributed by atoms with Crippen molar-refractivity contribution in [3.05, 3.63) is 53.7 Å². The molecule has 11 heteroatoms. The van der Waals surface area contributed by atoms with Gasteiger partial charge in [-0.15, -0.1) is 0 Å². The largest absolute Gasteiger partial charge is 0.493 e. The van der Waals surface area contributed by atoms with Crippen LogP contribution in [0.2, 0.25) is 0 Å². The second-order valence-electron chi connectivity index (χ2n) is 8.35. The van der Waals surface area contributed by atoms with Gasteiger partial charge >= 0.3 is 0 Å². The Morgan fingerprint density at radius 3 is 2.88 bits per heavy atom. The van der Waals surface area contributed by atoms with E-state index in [0.717, 1.165) is 36.6 Å². The fourth-order valence-electron chi connectivity index (χ4n) is 4.67. The molecule has 32 heavy (non-hydrogen) atoms. The molecule has 0 radical (unpaired) electrons. The van der Waals surface area contributed by atoms with E-state index in [-0.39, 0.29) is 12.1 Å². The predicted molar refractivity (Wildman–Crippen MR) is 119 cm³/mol. The van der Waals surface area contributed by atoms with Crippen molar-refractivity contribution in [2.75, 3.05) is 17.9 Å². The van der Waals surface area contributed by atoms with Crippen LogP contribution in [0, 0.1) is 11.7 Å². The summed E-state index contributed by atoms with van der Waals surface area (Å²) in [6.07, 6.45) is 5.96. The van der Waals surface area contributed by atoms with Crippen LogP contribution in [0.25, 0.3) is 0 Å². The van der Waals surface area contributed by atoms with E-state index in [9.17, 15) is 8.42 Å². The number of nitrogens with one attached hydrogen (secondary N) is 2. The SMILES string of the molecule is C[C@@H]1CCN([C@H]2CCOc3cc(S(=O)(=O)Nc4ccns4)c(F)cc32)[C@H](c2ccn[nH]2)C1. The average Bonchev–Trinajstić information content (AvgIpc) is 3.47. The number of ether oxygens (including phenoxy) is 1. The standard InChI is InChI=1S/C21H24FN5O3S2/c1-13-4-8-27(18(10-13)16-2-6-23-25-16)17-5-9-30-19-12-20(15(22)11-14(17)19)32(28,29)26-21-3-7-24-31-21/h2-3,6-7,11-13,17-18,26H,4-5,8-10H2,1H3,(H,23,25)/t13-,17+,18+/m1/s1. The number of H-pyrrole nitrogens is 1. The van der Waals surface area contributed by atoms with Crippen molar-refractivity contribution >= 4 is 26.6 Å². The summed E-state index contributed by atoms with van der Waals surface area (Å²) in [6, 6.07) is 6.20. The molecule has 3 aromatic rings. The summed E-state index contributed by atoms with van der Waals surface area (Å²) in [7, 11) is -4.10. The molecule has 0 saturated carbocycles. The van der Waals surface area contributed by atoms with Gasteiger partial charge in [0.05, 0.1) is 18.3 Å². The highest BCUT2D eigenvalue weighted by Gasteiger charge is 2.37. The van der Waals surface area contributed by atoms with E-state index in [1.54, 1.807) is 6.20 Å². The molecule has 1 saturated heterocycles. The Bertz CT molecular complexity index is 1180. The van der Waals surface area contributed by atoms with Crippen LogP contribution in [0.15, 0.2) is 41.6 Å². The van der Waals surface area contributed by atoms with Crippen molar-refractivity contribution in [2.24, 2.45) is 5.92 Å². The van der Waals surface area contributed by atoms with Gasteiger partial charge in [0.1, 0.15) is 21.5 Å². The van der Waals surface area contributed by atoms with Crippen LogP contribution in [0.3, 0.4) is 0 Å². The molecule has 4 heterocycles. The summed E-state index contributed by atoms with van der Waals surface area (Å²) in [5.74, 6) is 0.190. The normalized spacial score (nSPS) is 24.0. The summed E-state index contributed by atoms with van der Waals surface area (Å²) < 4.78 is 52.8. The summed E-state index contributed by atoms with van der Waals surface area (Å²) in [5, 5.41) is 7.53. The molecule has 1 aromatic carbocycles. The fraction of sp³-hybridized carbons (Fsp3) is 0.429. The summed E-state index contributed by atoms with van der Waals surface area (Å²) in [6.45, 7) is 3.54. The number of fused-ring (bicyclic) bond motifs is 1. The van der Waals surface area contributed by atoms with E-state index >= 15 is 4.39 Å². The van der Waals surface area contributed by atoms with Gasteiger partial charge in [0.25, 0.3) is 10.0 Å². The molecule has 1 fully saturated rings. The van der Waals surface area contributed by atoms with Gasteiger partial charge in [0, 0.05) is 36.5 Å². The number of likely N-dealkylation sites (tertiary alicyclic amines) is 1. The number of hydrogen-bond acceptors (Lipinski definition) is 7. The van der Waals surface area contributed by atoms with Gasteiger partial charge in [0.2, 0.25) is 0 Å². The molecule has 8 nitrogen and oxygen atoms in total. The van der Waals surface area contributed by atoms with Crippen LogP contribution < -0.4 is 9.46 Å². The first-order chi connectivity index (χ1) is 15.4. The van der Waals surface area contributed by atoms with Crippen molar-refractivity contribution in [3.8, 4) is 5.75 Å². The molecule has 0 amide bonds. The Hall–Kier alpha value is -2.50. The van der Waals surface area contributed by atoms with Crippen molar-refractivity contribution in [1.29, 1.82) is 0 Å². The molecule has 2 aliphatic rings. The maximum absolute atomic E-state index is 15.2. The average molecular weight is 478 g/mol. The Kier molecular flexibility index (Phi) is 5.64.